The van der Waals surface area contributed by atoms with E-state index in [1.54, 1.807) is 12.1 Å². The van der Waals surface area contributed by atoms with Crippen molar-refractivity contribution in [1.82, 2.24) is 10.1 Å². The highest BCUT2D eigenvalue weighted by atomic mass is 32.2. The normalized spacial score (nSPS) is 13.4. The molecule has 1 heterocycles. The van der Waals surface area contributed by atoms with Crippen LogP contribution in [0.25, 0.3) is 0 Å². The van der Waals surface area contributed by atoms with Crippen molar-refractivity contribution in [2.45, 2.75) is 43.9 Å². The highest BCUT2D eigenvalue weighted by Gasteiger charge is 2.23. The molecule has 0 radical (unpaired) electrons. The molecule has 0 aliphatic carbocycles. The number of aromatic nitrogens is 2. The summed E-state index contributed by atoms with van der Waals surface area (Å²) in [7, 11) is 0. The lowest BCUT2D eigenvalue weighted by Gasteiger charge is -2.25. The van der Waals surface area contributed by atoms with Crippen LogP contribution in [-0.4, -0.2) is 16.2 Å². The molecule has 2 N–H and O–H groups in total. The van der Waals surface area contributed by atoms with E-state index in [2.05, 4.69) is 30.9 Å². The maximum absolute atomic E-state index is 12.8. The summed E-state index contributed by atoms with van der Waals surface area (Å²) in [5, 5.41) is 3.95. The Kier molecular flexibility index (Phi) is 5.00. The van der Waals surface area contributed by atoms with E-state index in [9.17, 15) is 4.39 Å². The van der Waals surface area contributed by atoms with Gasteiger partial charge in [-0.1, -0.05) is 25.9 Å². The second-order valence-corrected chi connectivity index (χ2v) is 7.07. The minimum Gasteiger partial charge on any atom is -0.339 e. The molecule has 21 heavy (non-hydrogen) atoms. The number of halogens is 1. The van der Waals surface area contributed by atoms with Crippen LogP contribution >= 0.6 is 11.8 Å². The molecule has 0 spiro atoms. The van der Waals surface area contributed by atoms with Gasteiger partial charge >= 0.3 is 0 Å². The van der Waals surface area contributed by atoms with E-state index in [0.29, 0.717) is 23.9 Å². The lowest BCUT2D eigenvalue weighted by Crippen LogP contribution is -2.36. The smallest absolute Gasteiger partial charge is 0.228 e. The highest BCUT2D eigenvalue weighted by Crippen LogP contribution is 2.23. The molecule has 1 aromatic heterocycles. The Balaban J connectivity index is 1.90. The first-order valence-electron chi connectivity index (χ1n) is 6.80. The first-order valence-corrected chi connectivity index (χ1v) is 7.78. The second-order valence-electron chi connectivity index (χ2n) is 6.02. The molecule has 0 aliphatic heterocycles. The summed E-state index contributed by atoms with van der Waals surface area (Å²) < 4.78 is 18.0. The Morgan fingerprint density at radius 1 is 1.29 bits per heavy atom. The van der Waals surface area contributed by atoms with Crippen molar-refractivity contribution in [3.63, 3.8) is 0 Å². The average molecular weight is 309 g/mol. The molecule has 1 atom stereocenters. The van der Waals surface area contributed by atoms with Gasteiger partial charge in [-0.15, -0.1) is 11.8 Å². The van der Waals surface area contributed by atoms with Gasteiger partial charge in [-0.2, -0.15) is 4.98 Å². The van der Waals surface area contributed by atoms with Crippen LogP contribution in [0.2, 0.25) is 0 Å². The second kappa shape index (κ2) is 6.58. The average Bonchev–Trinajstić information content (AvgIpc) is 2.85. The highest BCUT2D eigenvalue weighted by molar-refractivity contribution is 7.98. The molecule has 0 aliphatic rings. The topological polar surface area (TPSA) is 64.9 Å². The van der Waals surface area contributed by atoms with Crippen LogP contribution in [-0.2, 0) is 12.2 Å². The molecule has 4 nitrogen and oxygen atoms in total. The van der Waals surface area contributed by atoms with Crippen LogP contribution in [0.1, 0.15) is 32.5 Å². The number of nitrogens with two attached hydrogens (primary N) is 1. The lowest BCUT2D eigenvalue weighted by molar-refractivity contribution is 0.285. The van der Waals surface area contributed by atoms with Crippen molar-refractivity contribution in [2.24, 2.45) is 11.1 Å². The Labute approximate surface area is 128 Å². The van der Waals surface area contributed by atoms with Gasteiger partial charge in [0.15, 0.2) is 5.82 Å². The minimum atomic E-state index is -0.239. The van der Waals surface area contributed by atoms with Crippen molar-refractivity contribution in [2.75, 3.05) is 0 Å². The lowest BCUT2D eigenvalue weighted by atomic mass is 9.85. The van der Waals surface area contributed by atoms with E-state index in [1.807, 2.05) is 0 Å². The quantitative estimate of drug-likeness (QED) is 0.857. The van der Waals surface area contributed by atoms with Crippen LogP contribution in [0, 0.1) is 11.2 Å². The molecular weight excluding hydrogens is 289 g/mol. The van der Waals surface area contributed by atoms with Crippen molar-refractivity contribution < 1.29 is 8.91 Å². The SMILES string of the molecule is CC(C)(C)C(N)Cc1nc(CSc2ccc(F)cc2)no1. The summed E-state index contributed by atoms with van der Waals surface area (Å²) in [4.78, 5) is 5.31. The Morgan fingerprint density at radius 3 is 2.57 bits per heavy atom. The zero-order valence-electron chi connectivity index (χ0n) is 12.5. The van der Waals surface area contributed by atoms with Gasteiger partial charge in [-0.05, 0) is 29.7 Å². The molecule has 2 rings (SSSR count). The molecule has 0 amide bonds. The van der Waals surface area contributed by atoms with E-state index in [0.717, 1.165) is 4.90 Å². The van der Waals surface area contributed by atoms with Gasteiger partial charge in [0.1, 0.15) is 5.82 Å². The van der Waals surface area contributed by atoms with Crippen LogP contribution in [0.4, 0.5) is 4.39 Å². The van der Waals surface area contributed by atoms with Gasteiger partial charge in [0.25, 0.3) is 0 Å². The van der Waals surface area contributed by atoms with Crippen LogP contribution in [0.3, 0.4) is 0 Å². The van der Waals surface area contributed by atoms with Gasteiger partial charge in [0.05, 0.1) is 5.75 Å². The van der Waals surface area contributed by atoms with Crippen molar-refractivity contribution >= 4 is 11.8 Å². The van der Waals surface area contributed by atoms with Crippen LogP contribution in [0.15, 0.2) is 33.7 Å². The van der Waals surface area contributed by atoms with E-state index in [-0.39, 0.29) is 17.3 Å². The predicted molar refractivity (Wildman–Crippen MR) is 81.4 cm³/mol. The zero-order valence-corrected chi connectivity index (χ0v) is 13.3. The number of nitrogens with zero attached hydrogens (tertiary/aromatic N) is 2. The summed E-state index contributed by atoms with van der Waals surface area (Å²) in [6.07, 6.45) is 0.567. The van der Waals surface area contributed by atoms with Gasteiger partial charge in [0.2, 0.25) is 5.89 Å². The molecule has 0 saturated carbocycles. The van der Waals surface area contributed by atoms with E-state index >= 15 is 0 Å². The number of thioether (sulfide) groups is 1. The van der Waals surface area contributed by atoms with Crippen molar-refractivity contribution in [3.05, 3.63) is 41.8 Å². The third kappa shape index (κ3) is 4.82. The van der Waals surface area contributed by atoms with Crippen LogP contribution < -0.4 is 5.73 Å². The summed E-state index contributed by atoms with van der Waals surface area (Å²) in [6, 6.07) is 6.31. The Bertz CT molecular complexity index is 577. The number of benzene rings is 1. The first kappa shape index (κ1) is 16.0. The zero-order chi connectivity index (χ0) is 15.5. The molecule has 6 heteroatoms. The third-order valence-corrected chi connectivity index (χ3v) is 4.21. The van der Waals surface area contributed by atoms with E-state index < -0.39 is 0 Å². The number of hydrogen-bond donors (Lipinski definition) is 1. The molecule has 2 aromatic rings. The maximum atomic E-state index is 12.8. The fraction of sp³-hybridized carbons (Fsp3) is 0.467. The predicted octanol–water partition coefficient (Wildman–Crippen LogP) is 3.42. The van der Waals surface area contributed by atoms with E-state index in [1.165, 1.54) is 23.9 Å². The molecule has 0 saturated heterocycles. The van der Waals surface area contributed by atoms with Crippen molar-refractivity contribution in [3.8, 4) is 0 Å². The first-order chi connectivity index (χ1) is 9.84. The van der Waals surface area contributed by atoms with Crippen LogP contribution in [0.5, 0.6) is 0 Å². The summed E-state index contributed by atoms with van der Waals surface area (Å²) in [5.41, 5.74) is 6.10. The van der Waals surface area contributed by atoms with Gasteiger partial charge < -0.3 is 10.3 Å². The fourth-order valence-electron chi connectivity index (χ4n) is 1.60. The summed E-state index contributed by atoms with van der Waals surface area (Å²) >= 11 is 1.54. The molecule has 0 fully saturated rings. The number of hydrogen-bond acceptors (Lipinski definition) is 5. The van der Waals surface area contributed by atoms with Gasteiger partial charge in [0, 0.05) is 17.4 Å². The molecule has 1 aromatic carbocycles. The van der Waals surface area contributed by atoms with Crippen molar-refractivity contribution in [1.29, 1.82) is 0 Å². The standard InChI is InChI=1S/C15H20FN3OS/c1-15(2,3)12(17)8-14-18-13(19-20-14)9-21-11-6-4-10(16)5-7-11/h4-7,12H,8-9,17H2,1-3H3. The molecule has 0 bridgehead atoms. The van der Waals surface area contributed by atoms with Gasteiger partial charge in [-0.25, -0.2) is 4.39 Å². The van der Waals surface area contributed by atoms with E-state index in [4.69, 9.17) is 10.3 Å². The molecule has 1 unspecified atom stereocenters. The third-order valence-electron chi connectivity index (χ3n) is 3.20. The monoisotopic (exact) mass is 309 g/mol. The Morgan fingerprint density at radius 2 is 1.95 bits per heavy atom. The van der Waals surface area contributed by atoms with Gasteiger partial charge in [-0.3, -0.25) is 0 Å². The fourth-order valence-corrected chi connectivity index (χ4v) is 2.35. The number of rotatable bonds is 5. The summed E-state index contributed by atoms with van der Waals surface area (Å²) in [5.74, 6) is 1.53. The summed E-state index contributed by atoms with van der Waals surface area (Å²) in [6.45, 7) is 6.25. The Hall–Kier alpha value is -1.40. The minimum absolute atomic E-state index is 0.00249. The largest absolute Gasteiger partial charge is 0.339 e. The maximum Gasteiger partial charge on any atom is 0.228 e. The molecular formula is C15H20FN3OS. The molecule has 114 valence electrons.